The third-order valence-corrected chi connectivity index (χ3v) is 2.73. The highest BCUT2D eigenvalue weighted by Gasteiger charge is 2.27. The van der Waals surface area contributed by atoms with E-state index in [1.54, 1.807) is 20.8 Å². The van der Waals surface area contributed by atoms with Crippen molar-refractivity contribution in [1.82, 2.24) is 10.2 Å². The zero-order chi connectivity index (χ0) is 14.5. The third-order valence-electron chi connectivity index (χ3n) is 2.73. The van der Waals surface area contributed by atoms with E-state index in [1.807, 2.05) is 6.92 Å². The average Bonchev–Trinajstić information content (AvgIpc) is 2.21. The number of aliphatic hydroxyl groups is 1. The monoisotopic (exact) mass is 260 g/mol. The number of hydrogen-bond donors (Lipinski definition) is 3. The molecule has 0 aliphatic heterocycles. The van der Waals surface area contributed by atoms with E-state index >= 15 is 0 Å². The maximum absolute atomic E-state index is 11.8. The number of hydrogen-bond acceptors (Lipinski definition) is 3. The van der Waals surface area contributed by atoms with Gasteiger partial charge in [0.15, 0.2) is 0 Å². The van der Waals surface area contributed by atoms with Crippen molar-refractivity contribution in [2.75, 3.05) is 13.6 Å². The van der Waals surface area contributed by atoms with Crippen molar-refractivity contribution in [3.8, 4) is 0 Å². The van der Waals surface area contributed by atoms with Crippen molar-refractivity contribution >= 4 is 12.0 Å². The molecule has 0 aromatic rings. The molecule has 18 heavy (non-hydrogen) atoms. The zero-order valence-electron chi connectivity index (χ0n) is 11.7. The summed E-state index contributed by atoms with van der Waals surface area (Å²) < 4.78 is 0. The van der Waals surface area contributed by atoms with Gasteiger partial charge in [-0.2, -0.15) is 0 Å². The third kappa shape index (κ3) is 5.86. The van der Waals surface area contributed by atoms with Crippen LogP contribution in [-0.2, 0) is 4.79 Å². The molecule has 0 saturated heterocycles. The number of carboxylic acid groups (broad SMARTS) is 1. The second kappa shape index (κ2) is 6.58. The van der Waals surface area contributed by atoms with Crippen LogP contribution >= 0.6 is 0 Å². The smallest absolute Gasteiger partial charge is 0.326 e. The molecule has 0 aromatic carbocycles. The molecule has 0 radical (unpaired) electrons. The van der Waals surface area contributed by atoms with Crippen LogP contribution in [0, 0.1) is 5.92 Å². The Morgan fingerprint density at radius 3 is 2.22 bits per heavy atom. The molecular weight excluding hydrogens is 236 g/mol. The van der Waals surface area contributed by atoms with Gasteiger partial charge in [-0.1, -0.05) is 20.3 Å². The van der Waals surface area contributed by atoms with Gasteiger partial charge in [0.05, 0.1) is 12.1 Å². The number of carbonyl (C=O) groups is 2. The summed E-state index contributed by atoms with van der Waals surface area (Å²) in [6.07, 6.45) is 0.659. The van der Waals surface area contributed by atoms with Crippen LogP contribution in [0.1, 0.15) is 34.1 Å². The largest absolute Gasteiger partial charge is 0.480 e. The second-order valence-electron chi connectivity index (χ2n) is 5.32. The summed E-state index contributed by atoms with van der Waals surface area (Å²) in [6, 6.07) is -1.41. The molecule has 2 unspecified atom stereocenters. The van der Waals surface area contributed by atoms with Gasteiger partial charge in [-0.25, -0.2) is 9.59 Å². The Morgan fingerprint density at radius 1 is 1.39 bits per heavy atom. The maximum Gasteiger partial charge on any atom is 0.326 e. The number of nitrogens with zero attached hydrogens (tertiary/aromatic N) is 1. The molecule has 0 spiro atoms. The first-order chi connectivity index (χ1) is 8.08. The maximum atomic E-state index is 11.8. The molecule has 2 amide bonds. The molecule has 0 fully saturated rings. The molecule has 0 rings (SSSR count). The van der Waals surface area contributed by atoms with Gasteiger partial charge in [-0.15, -0.1) is 0 Å². The summed E-state index contributed by atoms with van der Waals surface area (Å²) in [5.41, 5.74) is -1.01. The van der Waals surface area contributed by atoms with Gasteiger partial charge in [0.1, 0.15) is 6.04 Å². The lowest BCUT2D eigenvalue weighted by molar-refractivity contribution is -0.140. The fourth-order valence-electron chi connectivity index (χ4n) is 1.58. The van der Waals surface area contributed by atoms with Gasteiger partial charge < -0.3 is 20.4 Å². The van der Waals surface area contributed by atoms with Crippen LogP contribution in [0.4, 0.5) is 4.79 Å². The first-order valence-electron chi connectivity index (χ1n) is 6.05. The van der Waals surface area contributed by atoms with Crippen LogP contribution < -0.4 is 5.32 Å². The van der Waals surface area contributed by atoms with E-state index in [9.17, 15) is 14.7 Å². The summed E-state index contributed by atoms with van der Waals surface area (Å²) in [7, 11) is 1.52. The number of likely N-dealkylation sites (N-methyl/N-ethyl adjacent to an activating group) is 1. The van der Waals surface area contributed by atoms with Crippen LogP contribution in [0.15, 0.2) is 0 Å². The molecule has 2 atom stereocenters. The molecule has 0 aliphatic carbocycles. The molecule has 106 valence electrons. The summed E-state index contributed by atoms with van der Waals surface area (Å²) in [4.78, 5) is 24.1. The molecule has 0 saturated carbocycles. The van der Waals surface area contributed by atoms with Gasteiger partial charge >= 0.3 is 12.0 Å². The zero-order valence-corrected chi connectivity index (χ0v) is 11.7. The lowest BCUT2D eigenvalue weighted by Crippen LogP contribution is -2.51. The molecule has 0 heterocycles. The summed E-state index contributed by atoms with van der Waals surface area (Å²) in [6.45, 7) is 6.94. The Balaban J connectivity index is 4.56. The average molecular weight is 260 g/mol. The van der Waals surface area contributed by atoms with Crippen LogP contribution in [0.2, 0.25) is 0 Å². The summed E-state index contributed by atoms with van der Waals surface area (Å²) in [5, 5.41) is 21.1. The molecule has 6 heteroatoms. The first kappa shape index (κ1) is 16.7. The Bertz CT molecular complexity index is 299. The van der Waals surface area contributed by atoms with Crippen LogP contribution in [-0.4, -0.2) is 52.3 Å². The van der Waals surface area contributed by atoms with Gasteiger partial charge in [-0.05, 0) is 19.8 Å². The number of urea groups is 1. The Hall–Kier alpha value is -1.30. The molecule has 0 aromatic heterocycles. The van der Waals surface area contributed by atoms with Crippen LogP contribution in [0.5, 0.6) is 0 Å². The standard InChI is InChI=1S/C12H24N2O4/c1-6-8(2)9(10(15)16)13-11(17)14(5)7-12(3,4)18/h8-9,18H,6-7H2,1-5H3,(H,13,17)(H,15,16). The first-order valence-corrected chi connectivity index (χ1v) is 6.05. The highest BCUT2D eigenvalue weighted by Crippen LogP contribution is 2.09. The number of rotatable bonds is 6. The van der Waals surface area contributed by atoms with E-state index in [0.717, 1.165) is 0 Å². The molecule has 0 aliphatic rings. The number of carboxylic acids is 1. The van der Waals surface area contributed by atoms with E-state index in [0.29, 0.717) is 6.42 Å². The minimum Gasteiger partial charge on any atom is -0.480 e. The van der Waals surface area contributed by atoms with E-state index in [-0.39, 0.29) is 12.5 Å². The SMILES string of the molecule is CCC(C)C(NC(=O)N(C)CC(C)(C)O)C(=O)O. The van der Waals surface area contributed by atoms with Gasteiger partial charge in [0, 0.05) is 7.05 Å². The predicted octanol–water partition coefficient (Wildman–Crippen LogP) is 0.898. The van der Waals surface area contributed by atoms with Crippen molar-refractivity contribution < 1.29 is 19.8 Å². The van der Waals surface area contributed by atoms with Gasteiger partial charge in [0.2, 0.25) is 0 Å². The normalized spacial score (nSPS) is 14.8. The quantitative estimate of drug-likeness (QED) is 0.662. The van der Waals surface area contributed by atoms with Crippen molar-refractivity contribution in [3.63, 3.8) is 0 Å². The highest BCUT2D eigenvalue weighted by molar-refractivity contribution is 5.82. The Morgan fingerprint density at radius 2 is 1.89 bits per heavy atom. The number of nitrogens with one attached hydrogen (secondary N) is 1. The van der Waals surface area contributed by atoms with Crippen molar-refractivity contribution in [2.24, 2.45) is 5.92 Å². The summed E-state index contributed by atoms with van der Waals surface area (Å²) >= 11 is 0. The predicted molar refractivity (Wildman–Crippen MR) is 68.3 cm³/mol. The van der Waals surface area contributed by atoms with E-state index in [4.69, 9.17) is 5.11 Å². The van der Waals surface area contributed by atoms with Crippen molar-refractivity contribution in [3.05, 3.63) is 0 Å². The number of aliphatic carboxylic acids is 1. The van der Waals surface area contributed by atoms with E-state index in [2.05, 4.69) is 5.32 Å². The molecule has 0 bridgehead atoms. The highest BCUT2D eigenvalue weighted by atomic mass is 16.4. The van der Waals surface area contributed by atoms with Crippen molar-refractivity contribution in [1.29, 1.82) is 0 Å². The van der Waals surface area contributed by atoms with Gasteiger partial charge in [0.25, 0.3) is 0 Å². The van der Waals surface area contributed by atoms with Crippen LogP contribution in [0.25, 0.3) is 0 Å². The van der Waals surface area contributed by atoms with Crippen molar-refractivity contribution in [2.45, 2.75) is 45.8 Å². The number of carbonyl (C=O) groups excluding carboxylic acids is 1. The molecular formula is C12H24N2O4. The van der Waals surface area contributed by atoms with Gasteiger partial charge in [-0.3, -0.25) is 0 Å². The summed E-state index contributed by atoms with van der Waals surface area (Å²) in [5.74, 6) is -1.20. The molecule has 3 N–H and O–H groups in total. The fraction of sp³-hybridized carbons (Fsp3) is 0.833. The minimum atomic E-state index is -1.05. The second-order valence-corrected chi connectivity index (χ2v) is 5.32. The molecule has 6 nitrogen and oxygen atoms in total. The fourth-order valence-corrected chi connectivity index (χ4v) is 1.58. The van der Waals surface area contributed by atoms with Crippen LogP contribution in [0.3, 0.4) is 0 Å². The Kier molecular flexibility index (Phi) is 6.11. The lowest BCUT2D eigenvalue weighted by Gasteiger charge is -2.28. The lowest BCUT2D eigenvalue weighted by atomic mass is 9.99. The Labute approximate surface area is 108 Å². The number of amides is 2. The minimum absolute atomic E-state index is 0.131. The van der Waals surface area contributed by atoms with E-state index in [1.165, 1.54) is 11.9 Å². The topological polar surface area (TPSA) is 89.9 Å². The van der Waals surface area contributed by atoms with E-state index < -0.39 is 23.6 Å².